The maximum absolute atomic E-state index is 10.3. The van der Waals surface area contributed by atoms with Crippen molar-refractivity contribution in [2.24, 2.45) is 0 Å². The second-order valence-corrected chi connectivity index (χ2v) is 12.1. The van der Waals surface area contributed by atoms with Gasteiger partial charge in [-0.05, 0) is 120 Å². The van der Waals surface area contributed by atoms with Crippen LogP contribution in [0.5, 0.6) is 0 Å². The van der Waals surface area contributed by atoms with Gasteiger partial charge in [0.05, 0.1) is 35.1 Å². The van der Waals surface area contributed by atoms with Crippen LogP contribution in [0.4, 0.5) is 5.88 Å². The molecule has 5 N–H and O–H groups in total. The summed E-state index contributed by atoms with van der Waals surface area (Å²) >= 11 is 1.72. The Morgan fingerprint density at radius 3 is 1.67 bits per heavy atom. The first-order valence-electron chi connectivity index (χ1n) is 16.7. The molecule has 9 aromatic rings. The normalized spacial score (nSPS) is 11.1. The molecule has 0 unspecified atom stereocenters. The highest BCUT2D eigenvalue weighted by molar-refractivity contribution is 7.10. The molecule has 55 heavy (non-hydrogen) atoms. The molecule has 0 amide bonds. The minimum atomic E-state index is -0.576. The second kappa shape index (κ2) is 19.7. The lowest BCUT2D eigenvalue weighted by molar-refractivity contribution is -0.402. The molecule has 8 aromatic heterocycles. The van der Waals surface area contributed by atoms with Crippen LogP contribution >= 0.6 is 11.3 Å². The number of aromatic amines is 5. The molecule has 14 nitrogen and oxygen atoms in total. The number of hydrogen-bond donors (Lipinski definition) is 5. The fourth-order valence-corrected chi connectivity index (χ4v) is 5.24. The first-order valence-corrected chi connectivity index (χ1v) is 17.5. The summed E-state index contributed by atoms with van der Waals surface area (Å²) in [5.74, 6) is 1.00. The lowest BCUT2D eigenvalue weighted by atomic mass is 10.2. The predicted octanol–water partition coefficient (Wildman–Crippen LogP) is 9.96. The summed E-state index contributed by atoms with van der Waals surface area (Å²) in [5, 5.41) is 40.2. The SMILES string of the molecule is C(=C\c1cc2ccccc2[nH]1)/c1ccn[nH]1.C(=C\c1ccco1)/c1ccn[nH]1.C(=C\c1cccs1)/c1ccn[nH]1.O=[N+]([O-])c1ccc(/C=C/c2ccn[nH]2)o1. The van der Waals surface area contributed by atoms with Crippen LogP contribution in [0.3, 0.4) is 0 Å². The number of aromatic nitrogens is 9. The molecule has 0 radical (unpaired) electrons. The van der Waals surface area contributed by atoms with Crippen LogP contribution in [0.2, 0.25) is 0 Å². The maximum Gasteiger partial charge on any atom is 0.433 e. The molecular formula is C40H34N10O4S. The Morgan fingerprint density at radius 1 is 0.582 bits per heavy atom. The molecule has 0 fully saturated rings. The molecular weight excluding hydrogens is 717 g/mol. The molecule has 0 aliphatic rings. The zero-order valence-corrected chi connectivity index (χ0v) is 29.8. The van der Waals surface area contributed by atoms with Gasteiger partial charge in [-0.1, -0.05) is 24.3 Å². The van der Waals surface area contributed by atoms with Gasteiger partial charge in [0, 0.05) is 40.9 Å². The van der Waals surface area contributed by atoms with E-state index in [1.54, 1.807) is 60.6 Å². The lowest BCUT2D eigenvalue weighted by Gasteiger charge is -1.85. The summed E-state index contributed by atoms with van der Waals surface area (Å²) in [6, 6.07) is 28.6. The number of nitro groups is 1. The molecule has 0 aliphatic heterocycles. The number of nitrogens with zero attached hydrogens (tertiary/aromatic N) is 5. The molecule has 0 spiro atoms. The Balaban J connectivity index is 0.000000126. The number of para-hydroxylation sites is 1. The van der Waals surface area contributed by atoms with Crippen LogP contribution in [-0.2, 0) is 0 Å². The Kier molecular flexibility index (Phi) is 13.3. The van der Waals surface area contributed by atoms with Gasteiger partial charge >= 0.3 is 5.88 Å². The topological polar surface area (TPSA) is 200 Å². The summed E-state index contributed by atoms with van der Waals surface area (Å²) in [6.07, 6.45) is 23.7. The summed E-state index contributed by atoms with van der Waals surface area (Å²) in [6.45, 7) is 0. The van der Waals surface area contributed by atoms with E-state index in [4.69, 9.17) is 8.83 Å². The molecule has 8 heterocycles. The van der Waals surface area contributed by atoms with Gasteiger partial charge in [-0.3, -0.25) is 30.5 Å². The third-order valence-electron chi connectivity index (χ3n) is 7.24. The van der Waals surface area contributed by atoms with E-state index in [2.05, 4.69) is 81.5 Å². The van der Waals surface area contributed by atoms with Crippen molar-refractivity contribution < 1.29 is 13.8 Å². The van der Waals surface area contributed by atoms with E-state index in [-0.39, 0.29) is 5.88 Å². The zero-order chi connectivity index (χ0) is 37.9. The van der Waals surface area contributed by atoms with Crippen molar-refractivity contribution in [1.82, 2.24) is 45.8 Å². The molecule has 0 aliphatic carbocycles. The van der Waals surface area contributed by atoms with Crippen LogP contribution in [-0.4, -0.2) is 50.7 Å². The first kappa shape index (κ1) is 37.0. The standard InChI is InChI=1S/C13H11N3.C9H7N3O3.C9H8N2O.C9H8N2S/c1-2-4-13-10(3-1)9-12(15-13)6-5-11-7-8-14-16-11;13-12(14)9-4-3-8(15-9)2-1-7-5-6-10-11-7;2*1-2-9(12-7-1)4-3-8-5-6-10-11-8/h1-9,15H,(H,14,16);1-6H,(H,10,11);2*1-7H,(H,10,11)/b6-5+;2-1+;2*4-3+. The number of hydrogen-bond acceptors (Lipinski definition) is 9. The molecule has 0 atom stereocenters. The van der Waals surface area contributed by atoms with Crippen molar-refractivity contribution in [3.8, 4) is 0 Å². The fraction of sp³-hybridized carbons (Fsp3) is 0. The Bertz CT molecular complexity index is 2320. The van der Waals surface area contributed by atoms with Gasteiger partial charge in [0.25, 0.3) is 0 Å². The van der Waals surface area contributed by atoms with Crippen molar-refractivity contribution in [3.63, 3.8) is 0 Å². The number of H-pyrrole nitrogens is 5. The quantitative estimate of drug-likeness (QED) is 0.0708. The zero-order valence-electron chi connectivity index (χ0n) is 29.0. The monoisotopic (exact) mass is 750 g/mol. The minimum Gasteiger partial charge on any atom is -0.465 e. The fourth-order valence-electron chi connectivity index (χ4n) is 4.62. The molecule has 0 saturated carbocycles. The Morgan fingerprint density at radius 2 is 1.16 bits per heavy atom. The first-order chi connectivity index (χ1) is 27.1. The number of rotatable bonds is 9. The van der Waals surface area contributed by atoms with E-state index in [9.17, 15) is 10.1 Å². The van der Waals surface area contributed by atoms with Crippen molar-refractivity contribution in [2.45, 2.75) is 0 Å². The summed E-state index contributed by atoms with van der Waals surface area (Å²) < 4.78 is 10.0. The average Bonchev–Trinajstić information content (AvgIpc) is 4.07. The van der Waals surface area contributed by atoms with Gasteiger partial charge in [0.1, 0.15) is 16.4 Å². The molecule has 0 saturated heterocycles. The highest BCUT2D eigenvalue weighted by atomic mass is 32.1. The molecule has 9 rings (SSSR count). The third kappa shape index (κ3) is 12.2. The van der Waals surface area contributed by atoms with Crippen molar-refractivity contribution in [1.29, 1.82) is 0 Å². The van der Waals surface area contributed by atoms with Crippen molar-refractivity contribution in [2.75, 3.05) is 0 Å². The van der Waals surface area contributed by atoms with E-state index < -0.39 is 4.92 Å². The number of nitrogens with one attached hydrogen (secondary N) is 5. The second-order valence-electron chi connectivity index (χ2n) is 11.2. The summed E-state index contributed by atoms with van der Waals surface area (Å²) in [5.41, 5.74) is 6.05. The smallest absolute Gasteiger partial charge is 0.433 e. The van der Waals surface area contributed by atoms with Crippen LogP contribution in [0.25, 0.3) is 59.5 Å². The predicted molar refractivity (Wildman–Crippen MR) is 217 cm³/mol. The number of benzene rings is 1. The number of fused-ring (bicyclic) bond motifs is 1. The highest BCUT2D eigenvalue weighted by Gasteiger charge is 2.09. The van der Waals surface area contributed by atoms with E-state index in [0.717, 1.165) is 39.7 Å². The van der Waals surface area contributed by atoms with E-state index in [1.165, 1.54) is 22.4 Å². The van der Waals surface area contributed by atoms with Crippen LogP contribution in [0.15, 0.2) is 136 Å². The largest absolute Gasteiger partial charge is 0.465 e. The minimum absolute atomic E-state index is 0.265. The third-order valence-corrected chi connectivity index (χ3v) is 8.08. The van der Waals surface area contributed by atoms with Gasteiger partial charge in [0.2, 0.25) is 0 Å². The molecule has 274 valence electrons. The van der Waals surface area contributed by atoms with Gasteiger partial charge < -0.3 is 13.8 Å². The lowest BCUT2D eigenvalue weighted by Crippen LogP contribution is -1.82. The highest BCUT2D eigenvalue weighted by Crippen LogP contribution is 2.18. The number of furan rings is 2. The van der Waals surface area contributed by atoms with E-state index in [0.29, 0.717) is 5.76 Å². The maximum atomic E-state index is 10.3. The average molecular weight is 751 g/mol. The van der Waals surface area contributed by atoms with Gasteiger partial charge in [0.15, 0.2) is 0 Å². The van der Waals surface area contributed by atoms with Gasteiger partial charge in [-0.2, -0.15) is 20.4 Å². The number of thiophene rings is 1. The van der Waals surface area contributed by atoms with Crippen LogP contribution in [0.1, 0.15) is 44.9 Å². The summed E-state index contributed by atoms with van der Waals surface area (Å²) in [7, 11) is 0. The van der Waals surface area contributed by atoms with Crippen molar-refractivity contribution in [3.05, 3.63) is 182 Å². The van der Waals surface area contributed by atoms with E-state index in [1.807, 2.05) is 78.9 Å². The summed E-state index contributed by atoms with van der Waals surface area (Å²) in [4.78, 5) is 14.3. The molecule has 1 aromatic carbocycles. The van der Waals surface area contributed by atoms with Crippen molar-refractivity contribution >= 4 is 76.7 Å². The molecule has 15 heteroatoms. The van der Waals surface area contributed by atoms with Crippen LogP contribution in [0, 0.1) is 10.1 Å². The van der Waals surface area contributed by atoms with Gasteiger partial charge in [-0.15, -0.1) is 11.3 Å². The van der Waals surface area contributed by atoms with Gasteiger partial charge in [-0.25, -0.2) is 0 Å². The Labute approximate surface area is 317 Å². The molecule has 0 bridgehead atoms. The Hall–Kier alpha value is -7.78. The van der Waals surface area contributed by atoms with E-state index >= 15 is 0 Å². The van der Waals surface area contributed by atoms with Crippen LogP contribution < -0.4 is 0 Å².